The van der Waals surface area contributed by atoms with Crippen LogP contribution in [0.1, 0.15) is 23.2 Å². The van der Waals surface area contributed by atoms with Crippen LogP contribution < -0.4 is 10.5 Å². The van der Waals surface area contributed by atoms with Crippen LogP contribution in [0.3, 0.4) is 0 Å². The molecule has 0 bridgehead atoms. The van der Waals surface area contributed by atoms with Crippen molar-refractivity contribution < 1.29 is 9.13 Å². The maximum atomic E-state index is 13.1. The molecule has 0 unspecified atom stereocenters. The third kappa shape index (κ3) is 2.76. The number of amidine groups is 1. The van der Waals surface area contributed by atoms with Crippen molar-refractivity contribution in [2.45, 2.75) is 19.3 Å². The van der Waals surface area contributed by atoms with E-state index in [1.54, 1.807) is 0 Å². The summed E-state index contributed by atoms with van der Waals surface area (Å²) in [5.41, 5.74) is 8.18. The van der Waals surface area contributed by atoms with Gasteiger partial charge in [0.1, 0.15) is 17.4 Å². The number of nitrogens with one attached hydrogen (secondary N) is 1. The van der Waals surface area contributed by atoms with Gasteiger partial charge in [0.15, 0.2) is 0 Å². The van der Waals surface area contributed by atoms with E-state index in [9.17, 15) is 4.39 Å². The maximum Gasteiger partial charge on any atom is 0.230 e. The fourth-order valence-electron chi connectivity index (χ4n) is 2.39. The zero-order valence-electron chi connectivity index (χ0n) is 11.1. The summed E-state index contributed by atoms with van der Waals surface area (Å²) in [5, 5.41) is 7.68. The lowest BCUT2D eigenvalue weighted by atomic mass is 10.1. The van der Waals surface area contributed by atoms with E-state index in [2.05, 4.69) is 20.9 Å². The third-order valence-corrected chi connectivity index (χ3v) is 4.03. The van der Waals surface area contributed by atoms with Crippen LogP contribution in [0.5, 0.6) is 11.6 Å². The summed E-state index contributed by atoms with van der Waals surface area (Å²) >= 11 is 3.25. The predicted octanol–water partition coefficient (Wildman–Crippen LogP) is 3.55. The van der Waals surface area contributed by atoms with Gasteiger partial charge in [0.2, 0.25) is 5.88 Å². The van der Waals surface area contributed by atoms with Crippen LogP contribution in [0.4, 0.5) is 4.39 Å². The van der Waals surface area contributed by atoms with Crippen molar-refractivity contribution >= 4 is 21.8 Å². The molecule has 4 nitrogen and oxygen atoms in total. The maximum absolute atomic E-state index is 13.1. The van der Waals surface area contributed by atoms with Crippen LogP contribution in [0.2, 0.25) is 0 Å². The second-order valence-electron chi connectivity index (χ2n) is 4.89. The van der Waals surface area contributed by atoms with Gasteiger partial charge in [0.25, 0.3) is 0 Å². The fourth-order valence-corrected chi connectivity index (χ4v) is 2.82. The van der Waals surface area contributed by atoms with E-state index >= 15 is 0 Å². The Morgan fingerprint density at radius 2 is 2.14 bits per heavy atom. The number of fused-ring (bicyclic) bond motifs is 1. The molecule has 0 radical (unpaired) electrons. The highest BCUT2D eigenvalue weighted by Gasteiger charge is 2.19. The standard InChI is InChI=1S/C15H13BrFN3O/c16-11-7-9(17)4-5-13(11)21-15-10(14(18)19)6-8-2-1-3-12(8)20-15/h4-7H,1-3H2,(H3,18,19). The molecule has 1 aromatic heterocycles. The summed E-state index contributed by atoms with van der Waals surface area (Å²) < 4.78 is 19.3. The van der Waals surface area contributed by atoms with Gasteiger partial charge < -0.3 is 10.5 Å². The van der Waals surface area contributed by atoms with Crippen LogP contribution in [-0.2, 0) is 12.8 Å². The SMILES string of the molecule is N=C(N)c1cc2c(nc1Oc1ccc(F)cc1Br)CCC2. The van der Waals surface area contributed by atoms with Crippen molar-refractivity contribution in [3.8, 4) is 11.6 Å². The normalized spacial score (nSPS) is 13.0. The Kier molecular flexibility index (Phi) is 3.63. The molecule has 3 rings (SSSR count). The van der Waals surface area contributed by atoms with Gasteiger partial charge in [-0.25, -0.2) is 9.37 Å². The number of ether oxygens (including phenoxy) is 1. The van der Waals surface area contributed by atoms with E-state index in [0.717, 1.165) is 30.5 Å². The molecule has 6 heteroatoms. The molecule has 1 aliphatic carbocycles. The first-order chi connectivity index (χ1) is 10.0. The number of rotatable bonds is 3. The molecule has 0 saturated heterocycles. The lowest BCUT2D eigenvalue weighted by Crippen LogP contribution is -2.14. The molecule has 0 spiro atoms. The van der Waals surface area contributed by atoms with Crippen LogP contribution in [0, 0.1) is 11.2 Å². The average molecular weight is 350 g/mol. The first-order valence-electron chi connectivity index (χ1n) is 6.54. The summed E-state index contributed by atoms with van der Waals surface area (Å²) in [5.74, 6) is 0.271. The fraction of sp³-hybridized carbons (Fsp3) is 0.200. The molecule has 3 N–H and O–H groups in total. The predicted molar refractivity (Wildman–Crippen MR) is 81.5 cm³/mol. The Morgan fingerprint density at radius 3 is 2.86 bits per heavy atom. The van der Waals surface area contributed by atoms with Crippen LogP contribution in [-0.4, -0.2) is 10.8 Å². The molecule has 0 amide bonds. The van der Waals surface area contributed by atoms with Crippen molar-refractivity contribution in [1.82, 2.24) is 4.98 Å². The lowest BCUT2D eigenvalue weighted by molar-refractivity contribution is 0.455. The summed E-state index contributed by atoms with van der Waals surface area (Å²) in [6, 6.07) is 6.00. The van der Waals surface area contributed by atoms with Gasteiger partial charge in [0.05, 0.1) is 10.0 Å². The molecule has 0 aliphatic heterocycles. The zero-order chi connectivity index (χ0) is 15.0. The van der Waals surface area contributed by atoms with E-state index < -0.39 is 0 Å². The van der Waals surface area contributed by atoms with Crippen molar-refractivity contribution in [2.75, 3.05) is 0 Å². The highest BCUT2D eigenvalue weighted by Crippen LogP contribution is 2.33. The third-order valence-electron chi connectivity index (χ3n) is 3.41. The quantitative estimate of drug-likeness (QED) is 0.657. The Morgan fingerprint density at radius 1 is 1.33 bits per heavy atom. The van der Waals surface area contributed by atoms with Gasteiger partial charge in [-0.1, -0.05) is 0 Å². The summed E-state index contributed by atoms with van der Waals surface area (Å²) in [7, 11) is 0. The molecule has 0 fully saturated rings. The Hall–Kier alpha value is -1.95. The number of hydrogen-bond acceptors (Lipinski definition) is 3. The van der Waals surface area contributed by atoms with Gasteiger partial charge >= 0.3 is 0 Å². The Balaban J connectivity index is 2.03. The average Bonchev–Trinajstić information content (AvgIpc) is 2.88. The molecule has 0 atom stereocenters. The zero-order valence-corrected chi connectivity index (χ0v) is 12.7. The minimum Gasteiger partial charge on any atom is -0.437 e. The van der Waals surface area contributed by atoms with Crippen molar-refractivity contribution in [2.24, 2.45) is 5.73 Å². The second kappa shape index (κ2) is 5.44. The van der Waals surface area contributed by atoms with Crippen LogP contribution in [0.15, 0.2) is 28.7 Å². The molecule has 1 aromatic carbocycles. The number of nitrogens with two attached hydrogens (primary N) is 1. The molecular formula is C15H13BrFN3O. The molecule has 21 heavy (non-hydrogen) atoms. The van der Waals surface area contributed by atoms with Crippen molar-refractivity contribution in [3.05, 3.63) is 51.4 Å². The van der Waals surface area contributed by atoms with Crippen molar-refractivity contribution in [1.29, 1.82) is 5.41 Å². The van der Waals surface area contributed by atoms with E-state index in [1.807, 2.05) is 6.07 Å². The number of halogens is 2. The second-order valence-corrected chi connectivity index (χ2v) is 5.75. The van der Waals surface area contributed by atoms with Gasteiger partial charge in [0, 0.05) is 5.69 Å². The van der Waals surface area contributed by atoms with Crippen LogP contribution >= 0.6 is 15.9 Å². The smallest absolute Gasteiger partial charge is 0.230 e. The topological polar surface area (TPSA) is 72.0 Å². The molecule has 108 valence electrons. The number of hydrogen-bond donors (Lipinski definition) is 2. The molecule has 1 aliphatic rings. The number of nitrogens with zero attached hydrogens (tertiary/aromatic N) is 1. The molecular weight excluding hydrogens is 337 g/mol. The first kappa shape index (κ1) is 14.0. The van der Waals surface area contributed by atoms with Gasteiger partial charge in [-0.3, -0.25) is 5.41 Å². The minimum atomic E-state index is -0.358. The lowest BCUT2D eigenvalue weighted by Gasteiger charge is -2.12. The van der Waals surface area contributed by atoms with Gasteiger partial charge in [-0.15, -0.1) is 0 Å². The highest BCUT2D eigenvalue weighted by molar-refractivity contribution is 9.10. The van der Waals surface area contributed by atoms with E-state index in [-0.39, 0.29) is 17.5 Å². The van der Waals surface area contributed by atoms with Gasteiger partial charge in [-0.05, 0) is 65.0 Å². The Bertz CT molecular complexity index is 733. The Labute approximate surface area is 129 Å². The van der Waals surface area contributed by atoms with E-state index in [4.69, 9.17) is 15.9 Å². The summed E-state index contributed by atoms with van der Waals surface area (Å²) in [6.07, 6.45) is 2.89. The highest BCUT2D eigenvalue weighted by atomic mass is 79.9. The number of pyridine rings is 1. The minimum absolute atomic E-state index is 0.0922. The number of aryl methyl sites for hydroxylation is 2. The monoisotopic (exact) mass is 349 g/mol. The summed E-state index contributed by atoms with van der Waals surface area (Å²) in [4.78, 5) is 4.48. The number of nitrogen functional groups attached to an aromatic ring is 1. The van der Waals surface area contributed by atoms with E-state index in [1.165, 1.54) is 18.2 Å². The number of benzene rings is 1. The summed E-state index contributed by atoms with van der Waals surface area (Å²) in [6.45, 7) is 0. The molecule has 2 aromatic rings. The molecule has 1 heterocycles. The van der Waals surface area contributed by atoms with Gasteiger partial charge in [-0.2, -0.15) is 0 Å². The van der Waals surface area contributed by atoms with Crippen LogP contribution in [0.25, 0.3) is 0 Å². The first-order valence-corrected chi connectivity index (χ1v) is 7.34. The van der Waals surface area contributed by atoms with Crippen molar-refractivity contribution in [3.63, 3.8) is 0 Å². The van der Waals surface area contributed by atoms with E-state index in [0.29, 0.717) is 15.8 Å². The largest absolute Gasteiger partial charge is 0.437 e. The molecule has 0 saturated carbocycles. The number of aromatic nitrogens is 1.